The number of hydrogen-bond donors (Lipinski definition) is 1. The number of rotatable bonds is 5. The van der Waals surface area contributed by atoms with Crippen LogP contribution < -0.4 is 15.8 Å². The summed E-state index contributed by atoms with van der Waals surface area (Å²) in [6.07, 6.45) is 4.08. The standard InChI is InChI=1S/C24H28N4O2/c1-17-11-13-27(14-12-17)21-9-7-19(8-10-21)18(2)26-23(29)16-28-24(30)22-6-4-3-5-20(22)15-25-28/h3-10,15,17-18H,11-14,16H2,1-2H3,(H,26,29)/t18-/m0/s1. The molecule has 1 aromatic heterocycles. The van der Waals surface area contributed by atoms with Crippen LogP contribution in [0.1, 0.15) is 38.3 Å². The van der Waals surface area contributed by atoms with E-state index in [4.69, 9.17) is 0 Å². The van der Waals surface area contributed by atoms with Crippen molar-refractivity contribution in [3.05, 3.63) is 70.6 Å². The minimum atomic E-state index is -0.254. The van der Waals surface area contributed by atoms with E-state index in [1.807, 2.05) is 25.1 Å². The van der Waals surface area contributed by atoms with Crippen molar-refractivity contribution < 1.29 is 4.79 Å². The lowest BCUT2D eigenvalue weighted by Crippen LogP contribution is -2.35. The maximum Gasteiger partial charge on any atom is 0.275 e. The van der Waals surface area contributed by atoms with E-state index in [1.54, 1.807) is 12.3 Å². The minimum absolute atomic E-state index is 0.0992. The van der Waals surface area contributed by atoms with E-state index in [2.05, 4.69) is 46.5 Å². The monoisotopic (exact) mass is 404 g/mol. The van der Waals surface area contributed by atoms with Gasteiger partial charge < -0.3 is 10.2 Å². The summed E-state index contributed by atoms with van der Waals surface area (Å²) in [6, 6.07) is 15.5. The Morgan fingerprint density at radius 3 is 2.57 bits per heavy atom. The third-order valence-electron chi connectivity index (χ3n) is 5.97. The van der Waals surface area contributed by atoms with E-state index in [-0.39, 0.29) is 24.1 Å². The minimum Gasteiger partial charge on any atom is -0.372 e. The number of aromatic nitrogens is 2. The third-order valence-corrected chi connectivity index (χ3v) is 5.97. The van der Waals surface area contributed by atoms with Crippen LogP contribution in [0.15, 0.2) is 59.5 Å². The van der Waals surface area contributed by atoms with Gasteiger partial charge in [-0.25, -0.2) is 4.68 Å². The zero-order valence-corrected chi connectivity index (χ0v) is 17.5. The van der Waals surface area contributed by atoms with Gasteiger partial charge in [-0.05, 0) is 49.4 Å². The van der Waals surface area contributed by atoms with E-state index in [1.165, 1.54) is 23.2 Å². The molecule has 6 heteroatoms. The van der Waals surface area contributed by atoms with Crippen LogP contribution in [0.4, 0.5) is 5.69 Å². The number of fused-ring (bicyclic) bond motifs is 1. The second-order valence-electron chi connectivity index (χ2n) is 8.24. The summed E-state index contributed by atoms with van der Waals surface area (Å²) < 4.78 is 1.21. The Labute approximate surface area is 176 Å². The summed E-state index contributed by atoms with van der Waals surface area (Å²) in [7, 11) is 0. The first kappa shape index (κ1) is 20.1. The smallest absolute Gasteiger partial charge is 0.275 e. The molecule has 6 nitrogen and oxygen atoms in total. The molecular formula is C24H28N4O2. The fraction of sp³-hybridized carbons (Fsp3) is 0.375. The quantitative estimate of drug-likeness (QED) is 0.707. The van der Waals surface area contributed by atoms with Crippen molar-refractivity contribution >= 4 is 22.4 Å². The van der Waals surface area contributed by atoms with E-state index >= 15 is 0 Å². The number of amides is 1. The van der Waals surface area contributed by atoms with Crippen molar-refractivity contribution in [1.29, 1.82) is 0 Å². The molecule has 1 amide bonds. The molecule has 2 aromatic carbocycles. The summed E-state index contributed by atoms with van der Waals surface area (Å²) in [4.78, 5) is 27.5. The molecule has 0 aliphatic carbocycles. The van der Waals surface area contributed by atoms with E-state index < -0.39 is 0 Å². The molecular weight excluding hydrogens is 376 g/mol. The molecule has 2 heterocycles. The van der Waals surface area contributed by atoms with Gasteiger partial charge in [0.05, 0.1) is 17.6 Å². The van der Waals surface area contributed by atoms with Gasteiger partial charge in [-0.3, -0.25) is 9.59 Å². The third kappa shape index (κ3) is 4.37. The van der Waals surface area contributed by atoms with Gasteiger partial charge in [0.25, 0.3) is 5.56 Å². The first-order chi connectivity index (χ1) is 14.5. The number of hydrogen-bond acceptors (Lipinski definition) is 4. The van der Waals surface area contributed by atoms with Gasteiger partial charge in [0, 0.05) is 24.2 Å². The number of anilines is 1. The van der Waals surface area contributed by atoms with Crippen molar-refractivity contribution in [3.63, 3.8) is 0 Å². The Bertz CT molecular complexity index is 1080. The Balaban J connectivity index is 1.39. The summed E-state index contributed by atoms with van der Waals surface area (Å²) >= 11 is 0. The number of carbonyl (C=O) groups excluding carboxylic acids is 1. The molecule has 156 valence electrons. The Kier molecular flexibility index (Phi) is 5.84. The lowest BCUT2D eigenvalue weighted by molar-refractivity contribution is -0.122. The van der Waals surface area contributed by atoms with Gasteiger partial charge in [-0.1, -0.05) is 37.3 Å². The van der Waals surface area contributed by atoms with Crippen LogP contribution in [0.3, 0.4) is 0 Å². The van der Waals surface area contributed by atoms with Crippen molar-refractivity contribution in [2.45, 2.75) is 39.3 Å². The number of carbonyl (C=O) groups is 1. The van der Waals surface area contributed by atoms with Crippen molar-refractivity contribution in [2.75, 3.05) is 18.0 Å². The zero-order valence-electron chi connectivity index (χ0n) is 17.5. The molecule has 0 saturated carbocycles. The maximum atomic E-state index is 12.5. The Morgan fingerprint density at radius 2 is 1.83 bits per heavy atom. The SMILES string of the molecule is CC1CCN(c2ccc([C@H](C)NC(=O)Cn3ncc4ccccc4c3=O)cc2)CC1. The predicted molar refractivity (Wildman–Crippen MR) is 120 cm³/mol. The molecule has 0 unspecified atom stereocenters. The first-order valence-electron chi connectivity index (χ1n) is 10.6. The van der Waals surface area contributed by atoms with Crippen LogP contribution in [-0.2, 0) is 11.3 Å². The molecule has 0 radical (unpaired) electrons. The molecule has 1 atom stereocenters. The normalized spacial score (nSPS) is 15.9. The number of benzene rings is 2. The highest BCUT2D eigenvalue weighted by molar-refractivity contribution is 5.81. The molecule has 30 heavy (non-hydrogen) atoms. The zero-order chi connectivity index (χ0) is 21.1. The number of piperidine rings is 1. The highest BCUT2D eigenvalue weighted by Crippen LogP contribution is 2.24. The maximum absolute atomic E-state index is 12.5. The fourth-order valence-corrected chi connectivity index (χ4v) is 3.99. The first-order valence-corrected chi connectivity index (χ1v) is 10.6. The molecule has 1 aliphatic rings. The summed E-state index contributed by atoms with van der Waals surface area (Å²) in [5.41, 5.74) is 2.02. The van der Waals surface area contributed by atoms with Crippen LogP contribution >= 0.6 is 0 Å². The van der Waals surface area contributed by atoms with E-state index in [0.29, 0.717) is 5.39 Å². The van der Waals surface area contributed by atoms with Crippen LogP contribution in [0, 0.1) is 5.92 Å². The number of nitrogens with zero attached hydrogens (tertiary/aromatic N) is 3. The molecule has 1 N–H and O–H groups in total. The second-order valence-corrected chi connectivity index (χ2v) is 8.24. The highest BCUT2D eigenvalue weighted by atomic mass is 16.2. The average Bonchev–Trinajstić information content (AvgIpc) is 2.76. The molecule has 3 aromatic rings. The molecule has 0 spiro atoms. The fourth-order valence-electron chi connectivity index (χ4n) is 3.99. The van der Waals surface area contributed by atoms with Gasteiger partial charge in [-0.15, -0.1) is 0 Å². The molecule has 1 aliphatic heterocycles. The van der Waals surface area contributed by atoms with E-state index in [0.717, 1.165) is 30.0 Å². The topological polar surface area (TPSA) is 67.2 Å². The number of nitrogens with one attached hydrogen (secondary N) is 1. The van der Waals surface area contributed by atoms with Gasteiger partial charge in [0.1, 0.15) is 6.54 Å². The van der Waals surface area contributed by atoms with E-state index in [9.17, 15) is 9.59 Å². The second kappa shape index (κ2) is 8.69. The summed E-state index contributed by atoms with van der Waals surface area (Å²) in [5.74, 6) is 0.571. The highest BCUT2D eigenvalue weighted by Gasteiger charge is 2.17. The lowest BCUT2D eigenvalue weighted by atomic mass is 9.98. The molecule has 4 rings (SSSR count). The van der Waals surface area contributed by atoms with Gasteiger partial charge in [0.15, 0.2) is 0 Å². The molecule has 1 fully saturated rings. The van der Waals surface area contributed by atoms with Crippen LogP contribution in [0.25, 0.3) is 10.8 Å². The van der Waals surface area contributed by atoms with Crippen LogP contribution in [-0.4, -0.2) is 28.8 Å². The van der Waals surface area contributed by atoms with Gasteiger partial charge in [0.2, 0.25) is 5.91 Å². The Hall–Kier alpha value is -3.15. The molecule has 1 saturated heterocycles. The van der Waals surface area contributed by atoms with Gasteiger partial charge >= 0.3 is 0 Å². The van der Waals surface area contributed by atoms with Crippen molar-refractivity contribution in [1.82, 2.24) is 15.1 Å². The van der Waals surface area contributed by atoms with Crippen LogP contribution in [0.5, 0.6) is 0 Å². The Morgan fingerprint density at radius 1 is 1.13 bits per heavy atom. The largest absolute Gasteiger partial charge is 0.372 e. The summed E-state index contributed by atoms with van der Waals surface area (Å²) in [5, 5.41) is 8.45. The van der Waals surface area contributed by atoms with Crippen LogP contribution in [0.2, 0.25) is 0 Å². The molecule has 0 bridgehead atoms. The summed E-state index contributed by atoms with van der Waals surface area (Å²) in [6.45, 7) is 6.36. The van der Waals surface area contributed by atoms with Gasteiger partial charge in [-0.2, -0.15) is 5.10 Å². The van der Waals surface area contributed by atoms with Crippen molar-refractivity contribution in [3.8, 4) is 0 Å². The van der Waals surface area contributed by atoms with Crippen molar-refractivity contribution in [2.24, 2.45) is 5.92 Å². The average molecular weight is 405 g/mol. The lowest BCUT2D eigenvalue weighted by Gasteiger charge is -2.32. The predicted octanol–water partition coefficient (Wildman–Crippen LogP) is 3.51.